The number of sulfonamides is 1. The fourth-order valence-electron chi connectivity index (χ4n) is 2.05. The van der Waals surface area contributed by atoms with Gasteiger partial charge in [0.05, 0.1) is 0 Å². The second kappa shape index (κ2) is 4.36. The number of nitrogens with one attached hydrogen (secondary N) is 1. The highest BCUT2D eigenvalue weighted by Gasteiger charge is 2.38. The molecule has 1 saturated heterocycles. The number of aromatic nitrogens is 1. The van der Waals surface area contributed by atoms with Crippen LogP contribution in [0.25, 0.3) is 0 Å². The predicted molar refractivity (Wildman–Crippen MR) is 62.3 cm³/mol. The number of hydrogen-bond donors (Lipinski definition) is 1. The standard InChI is InChI=1S/C10H15N3O4S/c1-6-9(8(3)17-12-6)18(15,16)13-5-4-11-10(14)7(13)2/h7H,4-5H2,1-3H3,(H,11,14). The molecule has 1 aliphatic rings. The van der Waals surface area contributed by atoms with E-state index < -0.39 is 16.1 Å². The molecule has 1 aromatic rings. The van der Waals surface area contributed by atoms with Crippen LogP contribution in [-0.4, -0.2) is 42.9 Å². The van der Waals surface area contributed by atoms with E-state index in [0.717, 1.165) is 0 Å². The fraction of sp³-hybridized carbons (Fsp3) is 0.600. The second-order valence-corrected chi connectivity index (χ2v) is 6.06. The van der Waals surface area contributed by atoms with Crippen LogP contribution in [0.5, 0.6) is 0 Å². The zero-order chi connectivity index (χ0) is 13.5. The molecule has 18 heavy (non-hydrogen) atoms. The van der Waals surface area contributed by atoms with Crippen LogP contribution in [0.4, 0.5) is 0 Å². The summed E-state index contributed by atoms with van der Waals surface area (Å²) in [5.74, 6) is -0.0535. The van der Waals surface area contributed by atoms with Crippen LogP contribution < -0.4 is 5.32 Å². The normalized spacial score (nSPS) is 21.9. The molecule has 1 unspecified atom stereocenters. The highest BCUT2D eigenvalue weighted by molar-refractivity contribution is 7.89. The van der Waals surface area contributed by atoms with E-state index in [1.807, 2.05) is 0 Å². The summed E-state index contributed by atoms with van der Waals surface area (Å²) in [6.45, 7) is 5.23. The summed E-state index contributed by atoms with van der Waals surface area (Å²) in [7, 11) is -3.75. The van der Waals surface area contributed by atoms with Crippen LogP contribution in [0.15, 0.2) is 9.42 Å². The zero-order valence-corrected chi connectivity index (χ0v) is 11.2. The van der Waals surface area contributed by atoms with Crippen molar-refractivity contribution in [1.29, 1.82) is 0 Å². The Morgan fingerprint density at radius 2 is 2.11 bits per heavy atom. The van der Waals surface area contributed by atoms with E-state index in [2.05, 4.69) is 10.5 Å². The van der Waals surface area contributed by atoms with Crippen molar-refractivity contribution in [2.45, 2.75) is 31.7 Å². The highest BCUT2D eigenvalue weighted by Crippen LogP contribution is 2.25. The first-order valence-corrected chi connectivity index (χ1v) is 7.02. The van der Waals surface area contributed by atoms with Crippen molar-refractivity contribution < 1.29 is 17.7 Å². The lowest BCUT2D eigenvalue weighted by atomic mass is 10.2. The third-order valence-corrected chi connectivity index (χ3v) is 5.19. The van der Waals surface area contributed by atoms with Crippen LogP contribution in [0, 0.1) is 13.8 Å². The Hall–Kier alpha value is -1.41. The molecule has 1 atom stereocenters. The van der Waals surface area contributed by atoms with Gasteiger partial charge in [0.1, 0.15) is 16.6 Å². The van der Waals surface area contributed by atoms with Crippen LogP contribution in [0.3, 0.4) is 0 Å². The van der Waals surface area contributed by atoms with Crippen molar-refractivity contribution in [2.24, 2.45) is 0 Å². The van der Waals surface area contributed by atoms with Crippen molar-refractivity contribution in [3.63, 3.8) is 0 Å². The van der Waals surface area contributed by atoms with Gasteiger partial charge in [0, 0.05) is 13.1 Å². The maximum atomic E-state index is 12.5. The SMILES string of the molecule is Cc1noc(C)c1S(=O)(=O)N1CCNC(=O)C1C. The number of carbonyl (C=O) groups excluding carboxylic acids is 1. The Bertz CT molecular complexity index is 558. The van der Waals surface area contributed by atoms with E-state index in [0.29, 0.717) is 12.2 Å². The molecule has 8 heteroatoms. The summed E-state index contributed by atoms with van der Waals surface area (Å²) in [6.07, 6.45) is 0. The molecule has 1 fully saturated rings. The molecule has 100 valence electrons. The maximum absolute atomic E-state index is 12.5. The number of hydrogen-bond acceptors (Lipinski definition) is 5. The van der Waals surface area contributed by atoms with Gasteiger partial charge in [0.2, 0.25) is 15.9 Å². The van der Waals surface area contributed by atoms with Gasteiger partial charge >= 0.3 is 0 Å². The third-order valence-electron chi connectivity index (χ3n) is 2.98. The number of carbonyl (C=O) groups is 1. The minimum Gasteiger partial charge on any atom is -0.360 e. The minimum absolute atomic E-state index is 0.0593. The van der Waals surface area contributed by atoms with Crippen LogP contribution >= 0.6 is 0 Å². The first-order chi connectivity index (χ1) is 8.35. The Kier molecular flexibility index (Phi) is 3.16. The monoisotopic (exact) mass is 273 g/mol. The molecule has 2 rings (SSSR count). The third kappa shape index (κ3) is 1.91. The van der Waals surface area contributed by atoms with Gasteiger partial charge in [-0.05, 0) is 20.8 Å². The molecule has 7 nitrogen and oxygen atoms in total. The molecule has 0 saturated carbocycles. The van der Waals surface area contributed by atoms with Crippen molar-refractivity contribution in [3.8, 4) is 0 Å². The number of aryl methyl sites for hydroxylation is 2. The largest absolute Gasteiger partial charge is 0.360 e. The average Bonchev–Trinajstić information content (AvgIpc) is 2.62. The summed E-state index contributed by atoms with van der Waals surface area (Å²) in [4.78, 5) is 11.6. The Morgan fingerprint density at radius 1 is 1.44 bits per heavy atom. The molecular weight excluding hydrogens is 258 g/mol. The molecule has 1 aromatic heterocycles. The molecule has 0 spiro atoms. The first-order valence-electron chi connectivity index (χ1n) is 5.58. The summed E-state index contributed by atoms with van der Waals surface area (Å²) in [5, 5.41) is 6.26. The zero-order valence-electron chi connectivity index (χ0n) is 10.4. The lowest BCUT2D eigenvalue weighted by molar-refractivity contribution is -0.126. The lowest BCUT2D eigenvalue weighted by Crippen LogP contribution is -2.55. The van der Waals surface area contributed by atoms with Crippen molar-refractivity contribution in [2.75, 3.05) is 13.1 Å². The van der Waals surface area contributed by atoms with Crippen molar-refractivity contribution in [3.05, 3.63) is 11.5 Å². The van der Waals surface area contributed by atoms with Crippen LogP contribution in [0.1, 0.15) is 18.4 Å². The second-order valence-electron chi connectivity index (χ2n) is 4.24. The summed E-state index contributed by atoms with van der Waals surface area (Å²) in [6, 6.07) is -0.725. The topological polar surface area (TPSA) is 92.5 Å². The quantitative estimate of drug-likeness (QED) is 0.805. The molecule has 0 bridgehead atoms. The number of piperazine rings is 1. The van der Waals surface area contributed by atoms with Gasteiger partial charge in [0.25, 0.3) is 0 Å². The van der Waals surface area contributed by atoms with Crippen LogP contribution in [0.2, 0.25) is 0 Å². The van der Waals surface area contributed by atoms with Crippen molar-refractivity contribution in [1.82, 2.24) is 14.8 Å². The number of nitrogens with zero attached hydrogens (tertiary/aromatic N) is 2. The van der Waals surface area contributed by atoms with E-state index in [1.165, 1.54) is 4.31 Å². The maximum Gasteiger partial charge on any atom is 0.249 e. The highest BCUT2D eigenvalue weighted by atomic mass is 32.2. The Morgan fingerprint density at radius 3 is 2.67 bits per heavy atom. The molecule has 1 amide bonds. The van der Waals surface area contributed by atoms with Gasteiger partial charge in [0.15, 0.2) is 5.76 Å². The Labute approximate surface area is 105 Å². The summed E-state index contributed by atoms with van der Waals surface area (Å²) < 4.78 is 31.0. The number of amides is 1. The fourth-order valence-corrected chi connectivity index (χ4v) is 3.94. The van der Waals surface area contributed by atoms with E-state index in [1.54, 1.807) is 20.8 Å². The van der Waals surface area contributed by atoms with Crippen molar-refractivity contribution >= 4 is 15.9 Å². The van der Waals surface area contributed by atoms with Gasteiger partial charge in [-0.15, -0.1) is 0 Å². The summed E-state index contributed by atoms with van der Waals surface area (Å²) in [5.41, 5.74) is 0.311. The predicted octanol–water partition coefficient (Wildman–Crippen LogP) is -0.200. The van der Waals surface area contributed by atoms with E-state index >= 15 is 0 Å². The molecule has 0 radical (unpaired) electrons. The van der Waals surface area contributed by atoms with Gasteiger partial charge < -0.3 is 9.84 Å². The van der Waals surface area contributed by atoms with Crippen LogP contribution in [-0.2, 0) is 14.8 Å². The average molecular weight is 273 g/mol. The molecular formula is C10H15N3O4S. The van der Waals surface area contributed by atoms with Gasteiger partial charge in [-0.1, -0.05) is 5.16 Å². The minimum atomic E-state index is -3.75. The Balaban J connectivity index is 2.46. The van der Waals surface area contributed by atoms with E-state index in [4.69, 9.17) is 4.52 Å². The molecule has 2 heterocycles. The van der Waals surface area contributed by atoms with E-state index in [9.17, 15) is 13.2 Å². The van der Waals surface area contributed by atoms with Gasteiger partial charge in [-0.25, -0.2) is 8.42 Å². The summed E-state index contributed by atoms with van der Waals surface area (Å²) >= 11 is 0. The van der Waals surface area contributed by atoms with Gasteiger partial charge in [-0.2, -0.15) is 4.31 Å². The number of rotatable bonds is 2. The first kappa shape index (κ1) is 13.0. The van der Waals surface area contributed by atoms with E-state index in [-0.39, 0.29) is 23.1 Å². The smallest absolute Gasteiger partial charge is 0.249 e. The molecule has 0 aliphatic carbocycles. The molecule has 1 N–H and O–H groups in total. The van der Waals surface area contributed by atoms with Gasteiger partial charge in [-0.3, -0.25) is 4.79 Å². The molecule has 0 aromatic carbocycles. The molecule has 1 aliphatic heterocycles. The lowest BCUT2D eigenvalue weighted by Gasteiger charge is -2.31.